The fourth-order valence-corrected chi connectivity index (χ4v) is 2.80. The van der Waals surface area contributed by atoms with Gasteiger partial charge >= 0.3 is 6.01 Å². The molecule has 9 nitrogen and oxygen atoms in total. The van der Waals surface area contributed by atoms with Gasteiger partial charge in [0.05, 0.1) is 19.4 Å². The van der Waals surface area contributed by atoms with Crippen molar-refractivity contribution in [3.05, 3.63) is 35.4 Å². The van der Waals surface area contributed by atoms with Crippen LogP contribution in [0.15, 0.2) is 29.4 Å². The van der Waals surface area contributed by atoms with E-state index in [9.17, 15) is 5.11 Å². The zero-order valence-corrected chi connectivity index (χ0v) is 17.1. The van der Waals surface area contributed by atoms with Gasteiger partial charge in [-0.2, -0.15) is 15.1 Å². The van der Waals surface area contributed by atoms with Crippen molar-refractivity contribution in [1.82, 2.24) is 14.9 Å². The minimum atomic E-state index is 0.171. The standard InChI is InChI=1S/C20H28N6O3/c1-15-4-5-17(27)16(12-15)14-21-24-18-13-19(25(2)3)23-20(22-18)29-11-8-26-6-9-28-10-7-26/h4-5,12-14,27H,6-11H2,1-3H3,(H,22,23,24)/b21-14+. The second-order valence-corrected chi connectivity index (χ2v) is 7.02. The molecule has 2 aromatic rings. The Morgan fingerprint density at radius 1 is 1.28 bits per heavy atom. The second-order valence-electron chi connectivity index (χ2n) is 7.02. The quantitative estimate of drug-likeness (QED) is 0.511. The third-order valence-electron chi connectivity index (χ3n) is 4.46. The normalized spacial score (nSPS) is 14.9. The minimum Gasteiger partial charge on any atom is -0.507 e. The van der Waals surface area contributed by atoms with Crippen LogP contribution >= 0.6 is 0 Å². The summed E-state index contributed by atoms with van der Waals surface area (Å²) in [5.74, 6) is 1.39. The Kier molecular flexibility index (Phi) is 7.20. The van der Waals surface area contributed by atoms with Crippen molar-refractivity contribution in [2.75, 3.05) is 63.9 Å². The van der Waals surface area contributed by atoms with Crippen LogP contribution in [-0.4, -0.2) is 79.7 Å². The molecule has 0 atom stereocenters. The summed E-state index contributed by atoms with van der Waals surface area (Å²) in [7, 11) is 3.80. The van der Waals surface area contributed by atoms with E-state index in [-0.39, 0.29) is 5.75 Å². The molecule has 1 aliphatic heterocycles. The highest BCUT2D eigenvalue weighted by Gasteiger charge is 2.11. The molecular formula is C20H28N6O3. The third-order valence-corrected chi connectivity index (χ3v) is 4.46. The molecule has 1 aromatic heterocycles. The first kappa shape index (κ1) is 20.8. The number of benzene rings is 1. The number of hydrogen-bond donors (Lipinski definition) is 2. The van der Waals surface area contributed by atoms with Crippen LogP contribution in [0.1, 0.15) is 11.1 Å². The number of nitrogens with one attached hydrogen (secondary N) is 1. The molecule has 0 bridgehead atoms. The lowest BCUT2D eigenvalue weighted by Crippen LogP contribution is -2.38. The van der Waals surface area contributed by atoms with Crippen LogP contribution < -0.4 is 15.1 Å². The maximum atomic E-state index is 9.91. The van der Waals surface area contributed by atoms with Crippen LogP contribution in [-0.2, 0) is 4.74 Å². The minimum absolute atomic E-state index is 0.171. The first-order valence-corrected chi connectivity index (χ1v) is 9.59. The summed E-state index contributed by atoms with van der Waals surface area (Å²) in [6, 6.07) is 7.41. The zero-order chi connectivity index (χ0) is 20.6. The summed E-state index contributed by atoms with van der Waals surface area (Å²) in [6.45, 7) is 6.59. The lowest BCUT2D eigenvalue weighted by Gasteiger charge is -2.26. The van der Waals surface area contributed by atoms with Gasteiger partial charge in [0.25, 0.3) is 0 Å². The number of aryl methyl sites for hydroxylation is 1. The predicted molar refractivity (Wildman–Crippen MR) is 113 cm³/mol. The molecule has 0 radical (unpaired) electrons. The van der Waals surface area contributed by atoms with E-state index in [0.29, 0.717) is 29.8 Å². The van der Waals surface area contributed by atoms with E-state index in [1.807, 2.05) is 38.1 Å². The molecule has 0 amide bonds. The number of morpholine rings is 1. The van der Waals surface area contributed by atoms with Gasteiger partial charge in [-0.05, 0) is 19.1 Å². The van der Waals surface area contributed by atoms with Gasteiger partial charge in [0.2, 0.25) is 0 Å². The fraction of sp³-hybridized carbons (Fsp3) is 0.450. The van der Waals surface area contributed by atoms with Crippen molar-refractivity contribution in [2.45, 2.75) is 6.92 Å². The van der Waals surface area contributed by atoms with Gasteiger partial charge < -0.3 is 19.5 Å². The van der Waals surface area contributed by atoms with Gasteiger partial charge in [0, 0.05) is 45.4 Å². The van der Waals surface area contributed by atoms with E-state index < -0.39 is 0 Å². The number of aromatic nitrogens is 2. The summed E-state index contributed by atoms with van der Waals surface area (Å²) in [5, 5.41) is 14.1. The molecule has 0 unspecified atom stereocenters. The number of phenols is 1. The molecule has 9 heteroatoms. The topological polar surface area (TPSA) is 95.3 Å². The van der Waals surface area contributed by atoms with Gasteiger partial charge in [-0.25, -0.2) is 0 Å². The lowest BCUT2D eigenvalue weighted by atomic mass is 10.1. The Balaban J connectivity index is 1.64. The smallest absolute Gasteiger partial charge is 0.320 e. The molecule has 3 rings (SSSR count). The first-order chi connectivity index (χ1) is 14.0. The summed E-state index contributed by atoms with van der Waals surface area (Å²) < 4.78 is 11.1. The van der Waals surface area contributed by atoms with Crippen molar-refractivity contribution in [2.24, 2.45) is 5.10 Å². The lowest BCUT2D eigenvalue weighted by molar-refractivity contribution is 0.0317. The van der Waals surface area contributed by atoms with E-state index in [1.54, 1.807) is 18.3 Å². The summed E-state index contributed by atoms with van der Waals surface area (Å²) in [6.07, 6.45) is 1.55. The zero-order valence-electron chi connectivity index (χ0n) is 17.1. The average Bonchev–Trinajstić information content (AvgIpc) is 2.71. The highest BCUT2D eigenvalue weighted by atomic mass is 16.5. The van der Waals surface area contributed by atoms with E-state index in [0.717, 1.165) is 38.4 Å². The van der Waals surface area contributed by atoms with E-state index in [2.05, 4.69) is 25.4 Å². The Morgan fingerprint density at radius 3 is 2.83 bits per heavy atom. The molecule has 0 saturated carbocycles. The molecule has 1 saturated heterocycles. The Labute approximate surface area is 171 Å². The van der Waals surface area contributed by atoms with Crippen LogP contribution in [0.5, 0.6) is 11.8 Å². The van der Waals surface area contributed by atoms with Crippen LogP contribution in [0.2, 0.25) is 0 Å². The highest BCUT2D eigenvalue weighted by molar-refractivity contribution is 5.84. The molecule has 0 aliphatic carbocycles. The second kappa shape index (κ2) is 10.0. The summed E-state index contributed by atoms with van der Waals surface area (Å²) in [5.41, 5.74) is 4.55. The van der Waals surface area contributed by atoms with Gasteiger partial charge in [0.15, 0.2) is 5.82 Å². The number of rotatable bonds is 8. The van der Waals surface area contributed by atoms with Crippen LogP contribution in [0.25, 0.3) is 0 Å². The maximum absolute atomic E-state index is 9.91. The summed E-state index contributed by atoms with van der Waals surface area (Å²) in [4.78, 5) is 13.0. The first-order valence-electron chi connectivity index (χ1n) is 9.59. The van der Waals surface area contributed by atoms with Crippen molar-refractivity contribution in [3.63, 3.8) is 0 Å². The van der Waals surface area contributed by atoms with E-state index >= 15 is 0 Å². The Hall–Kier alpha value is -2.91. The van der Waals surface area contributed by atoms with Gasteiger partial charge in [-0.1, -0.05) is 11.6 Å². The van der Waals surface area contributed by atoms with Crippen molar-refractivity contribution < 1.29 is 14.6 Å². The SMILES string of the molecule is Cc1ccc(O)c(/C=N/Nc2cc(N(C)C)nc(OCCN3CCOCC3)n2)c1. The molecule has 2 N–H and O–H groups in total. The maximum Gasteiger partial charge on any atom is 0.320 e. The van der Waals surface area contributed by atoms with E-state index in [1.165, 1.54) is 0 Å². The number of anilines is 2. The van der Waals surface area contributed by atoms with Crippen LogP contribution in [0.4, 0.5) is 11.6 Å². The van der Waals surface area contributed by atoms with E-state index in [4.69, 9.17) is 9.47 Å². The number of nitrogens with zero attached hydrogens (tertiary/aromatic N) is 5. The van der Waals surface area contributed by atoms with Crippen molar-refractivity contribution in [3.8, 4) is 11.8 Å². The number of aromatic hydroxyl groups is 1. The van der Waals surface area contributed by atoms with Gasteiger partial charge in [-0.3, -0.25) is 10.3 Å². The molecule has 0 spiro atoms. The van der Waals surface area contributed by atoms with Gasteiger partial charge in [0.1, 0.15) is 18.2 Å². The van der Waals surface area contributed by atoms with Crippen molar-refractivity contribution in [1.29, 1.82) is 0 Å². The monoisotopic (exact) mass is 400 g/mol. The fourth-order valence-electron chi connectivity index (χ4n) is 2.80. The summed E-state index contributed by atoms with van der Waals surface area (Å²) >= 11 is 0. The highest BCUT2D eigenvalue weighted by Crippen LogP contribution is 2.19. The average molecular weight is 400 g/mol. The third kappa shape index (κ3) is 6.30. The van der Waals surface area contributed by atoms with Crippen LogP contribution in [0, 0.1) is 6.92 Å². The number of phenolic OH excluding ortho intramolecular Hbond substituents is 1. The molecule has 156 valence electrons. The molecule has 1 aliphatic rings. The molecule has 2 heterocycles. The molecule has 29 heavy (non-hydrogen) atoms. The predicted octanol–water partition coefficient (Wildman–Crippen LogP) is 1.71. The van der Waals surface area contributed by atoms with Crippen LogP contribution in [0.3, 0.4) is 0 Å². The molecular weight excluding hydrogens is 372 g/mol. The molecule has 1 fully saturated rings. The largest absolute Gasteiger partial charge is 0.507 e. The Bertz CT molecular complexity index is 837. The Morgan fingerprint density at radius 2 is 2.07 bits per heavy atom. The number of hydrogen-bond acceptors (Lipinski definition) is 9. The molecule has 1 aromatic carbocycles. The number of hydrazone groups is 1. The van der Waals surface area contributed by atoms with Gasteiger partial charge in [-0.15, -0.1) is 0 Å². The number of ether oxygens (including phenoxy) is 2. The van der Waals surface area contributed by atoms with Crippen molar-refractivity contribution >= 4 is 17.9 Å².